The van der Waals surface area contributed by atoms with Crippen LogP contribution < -0.4 is 5.32 Å². The van der Waals surface area contributed by atoms with Gasteiger partial charge in [0.1, 0.15) is 11.4 Å². The second-order valence-corrected chi connectivity index (χ2v) is 6.58. The molecule has 0 aliphatic heterocycles. The van der Waals surface area contributed by atoms with Crippen LogP contribution >= 0.6 is 0 Å². The van der Waals surface area contributed by atoms with E-state index < -0.39 is 10.0 Å². The monoisotopic (exact) mass is 316 g/mol. The number of carbonyl (C=O) groups excluding carboxylic acids is 1. The number of nitrogens with zero attached hydrogens (tertiary/aromatic N) is 3. The molecule has 0 radical (unpaired) electrons. The number of hydrogen-bond donors (Lipinski definition) is 1. The number of aryl methyl sites for hydroxylation is 1. The van der Waals surface area contributed by atoms with Crippen LogP contribution in [-0.2, 0) is 21.4 Å². The van der Waals surface area contributed by atoms with Crippen LogP contribution in [0.2, 0.25) is 0 Å². The number of amides is 1. The van der Waals surface area contributed by atoms with E-state index in [9.17, 15) is 13.2 Å². The van der Waals surface area contributed by atoms with Crippen molar-refractivity contribution in [2.24, 2.45) is 0 Å². The quantitative estimate of drug-likeness (QED) is 0.801. The predicted molar refractivity (Wildman–Crippen MR) is 80.5 cm³/mol. The first kappa shape index (κ1) is 17.6. The number of likely N-dealkylation sites (N-methyl/N-ethyl adjacent to an activating group) is 1. The average Bonchev–Trinajstić information content (AvgIpc) is 2.66. The summed E-state index contributed by atoms with van der Waals surface area (Å²) in [5.41, 5.74) is 0.911. The highest BCUT2D eigenvalue weighted by Gasteiger charge is 2.29. The van der Waals surface area contributed by atoms with Gasteiger partial charge in [-0.15, -0.1) is 0 Å². The molecule has 1 aromatic heterocycles. The van der Waals surface area contributed by atoms with Gasteiger partial charge in [-0.05, 0) is 20.8 Å². The van der Waals surface area contributed by atoms with Crippen molar-refractivity contribution in [2.45, 2.75) is 46.1 Å². The molecule has 0 saturated carbocycles. The topological polar surface area (TPSA) is 84.3 Å². The van der Waals surface area contributed by atoms with Crippen molar-refractivity contribution in [2.75, 3.05) is 19.6 Å². The lowest BCUT2D eigenvalue weighted by molar-refractivity contribution is -0.121. The highest BCUT2D eigenvalue weighted by Crippen LogP contribution is 2.23. The van der Waals surface area contributed by atoms with E-state index in [-0.39, 0.29) is 17.3 Å². The zero-order valence-corrected chi connectivity index (χ0v) is 14.1. The van der Waals surface area contributed by atoms with Gasteiger partial charge in [-0.2, -0.15) is 9.40 Å². The van der Waals surface area contributed by atoms with Crippen molar-refractivity contribution in [1.29, 1.82) is 0 Å². The van der Waals surface area contributed by atoms with E-state index in [0.29, 0.717) is 31.0 Å². The fourth-order valence-corrected chi connectivity index (χ4v) is 4.12. The molecule has 0 aromatic carbocycles. The summed E-state index contributed by atoms with van der Waals surface area (Å²) in [7, 11) is -3.57. The third-order valence-corrected chi connectivity index (χ3v) is 5.59. The second kappa shape index (κ2) is 7.04. The van der Waals surface area contributed by atoms with E-state index in [1.165, 1.54) is 8.99 Å². The van der Waals surface area contributed by atoms with E-state index in [4.69, 9.17) is 0 Å². The minimum Gasteiger partial charge on any atom is -0.355 e. The molecule has 0 unspecified atom stereocenters. The molecule has 0 atom stereocenters. The summed E-state index contributed by atoms with van der Waals surface area (Å²) in [4.78, 5) is 11.9. The molecule has 0 saturated heterocycles. The SMILES string of the molecule is CCNC(=O)Cn1nc(C)c(S(=O)(=O)N(CC)CC)c1C. The molecule has 1 rings (SSSR count). The first-order valence-corrected chi connectivity index (χ1v) is 8.54. The Hall–Kier alpha value is -1.41. The van der Waals surface area contributed by atoms with E-state index in [1.54, 1.807) is 27.7 Å². The first-order chi connectivity index (χ1) is 9.79. The van der Waals surface area contributed by atoms with Gasteiger partial charge in [0.05, 0.1) is 11.4 Å². The maximum absolute atomic E-state index is 12.6. The molecule has 7 nitrogen and oxygen atoms in total. The third kappa shape index (κ3) is 3.62. The Kier molecular flexibility index (Phi) is 5.91. The van der Waals surface area contributed by atoms with Gasteiger partial charge >= 0.3 is 0 Å². The van der Waals surface area contributed by atoms with Crippen LogP contribution in [0.15, 0.2) is 4.90 Å². The van der Waals surface area contributed by atoms with Crippen molar-refractivity contribution >= 4 is 15.9 Å². The van der Waals surface area contributed by atoms with Crippen LogP contribution in [0, 0.1) is 13.8 Å². The molecule has 0 fully saturated rings. The molecule has 1 amide bonds. The predicted octanol–water partition coefficient (Wildman–Crippen LogP) is 0.667. The Balaban J connectivity index is 3.22. The molecule has 0 spiro atoms. The average molecular weight is 316 g/mol. The summed E-state index contributed by atoms with van der Waals surface area (Å²) in [5, 5.41) is 6.87. The summed E-state index contributed by atoms with van der Waals surface area (Å²) < 4.78 is 28.1. The number of hydrogen-bond acceptors (Lipinski definition) is 4. The minimum absolute atomic E-state index is 0.0221. The molecule has 0 aliphatic carbocycles. The maximum atomic E-state index is 12.6. The molecule has 1 heterocycles. The molecule has 0 bridgehead atoms. The number of aromatic nitrogens is 2. The fourth-order valence-electron chi connectivity index (χ4n) is 2.29. The summed E-state index contributed by atoms with van der Waals surface area (Å²) in [6.07, 6.45) is 0. The minimum atomic E-state index is -3.57. The number of sulfonamides is 1. The molecule has 8 heteroatoms. The standard InChI is InChI=1S/C13H24N4O3S/c1-6-14-12(18)9-17-11(5)13(10(4)15-17)21(19,20)16(7-2)8-3/h6-9H2,1-5H3,(H,14,18). The lowest BCUT2D eigenvalue weighted by Gasteiger charge is -2.18. The van der Waals surface area contributed by atoms with Crippen LogP contribution in [0.25, 0.3) is 0 Å². The Morgan fingerprint density at radius 3 is 2.29 bits per heavy atom. The van der Waals surface area contributed by atoms with Gasteiger partial charge in [0.15, 0.2) is 0 Å². The number of carbonyl (C=O) groups is 1. The van der Waals surface area contributed by atoms with Gasteiger partial charge in [-0.1, -0.05) is 13.8 Å². The van der Waals surface area contributed by atoms with E-state index >= 15 is 0 Å². The Bertz CT molecular complexity index is 603. The van der Waals surface area contributed by atoms with Gasteiger partial charge in [0.2, 0.25) is 15.9 Å². The number of rotatable bonds is 7. The summed E-state index contributed by atoms with van der Waals surface area (Å²) >= 11 is 0. The summed E-state index contributed by atoms with van der Waals surface area (Å²) in [6, 6.07) is 0. The molecule has 120 valence electrons. The Morgan fingerprint density at radius 2 is 1.81 bits per heavy atom. The molecule has 21 heavy (non-hydrogen) atoms. The normalized spacial score (nSPS) is 11.9. The highest BCUT2D eigenvalue weighted by molar-refractivity contribution is 7.89. The van der Waals surface area contributed by atoms with Crippen molar-refractivity contribution < 1.29 is 13.2 Å². The first-order valence-electron chi connectivity index (χ1n) is 7.10. The zero-order chi connectivity index (χ0) is 16.2. The zero-order valence-electron chi connectivity index (χ0n) is 13.3. The van der Waals surface area contributed by atoms with Gasteiger partial charge < -0.3 is 5.32 Å². The van der Waals surface area contributed by atoms with Crippen LogP contribution in [0.4, 0.5) is 0 Å². The van der Waals surface area contributed by atoms with E-state index in [1.807, 2.05) is 6.92 Å². The summed E-state index contributed by atoms with van der Waals surface area (Å²) in [6.45, 7) is 10.1. The molecule has 0 aliphatic rings. The second-order valence-electron chi connectivity index (χ2n) is 4.70. The van der Waals surface area contributed by atoms with Crippen LogP contribution in [0.1, 0.15) is 32.2 Å². The lowest BCUT2D eigenvalue weighted by atomic mass is 10.4. The van der Waals surface area contributed by atoms with Gasteiger partial charge in [0.25, 0.3) is 0 Å². The number of nitrogens with one attached hydrogen (secondary N) is 1. The lowest BCUT2D eigenvalue weighted by Crippen LogP contribution is -2.31. The van der Waals surface area contributed by atoms with Crippen molar-refractivity contribution in [3.8, 4) is 0 Å². The third-order valence-electron chi connectivity index (χ3n) is 3.29. The Morgan fingerprint density at radius 1 is 1.24 bits per heavy atom. The van der Waals surface area contributed by atoms with E-state index in [0.717, 1.165) is 0 Å². The van der Waals surface area contributed by atoms with Gasteiger partial charge in [0, 0.05) is 19.6 Å². The molecule has 1 aromatic rings. The van der Waals surface area contributed by atoms with Crippen LogP contribution in [0.3, 0.4) is 0 Å². The van der Waals surface area contributed by atoms with Gasteiger partial charge in [-0.25, -0.2) is 8.42 Å². The van der Waals surface area contributed by atoms with Crippen LogP contribution in [-0.4, -0.2) is 48.0 Å². The fraction of sp³-hybridized carbons (Fsp3) is 0.692. The van der Waals surface area contributed by atoms with Crippen molar-refractivity contribution in [3.05, 3.63) is 11.4 Å². The molecular weight excluding hydrogens is 292 g/mol. The highest BCUT2D eigenvalue weighted by atomic mass is 32.2. The van der Waals surface area contributed by atoms with Crippen molar-refractivity contribution in [3.63, 3.8) is 0 Å². The molecular formula is C13H24N4O3S. The van der Waals surface area contributed by atoms with Gasteiger partial charge in [-0.3, -0.25) is 9.48 Å². The largest absolute Gasteiger partial charge is 0.355 e. The van der Waals surface area contributed by atoms with Crippen LogP contribution in [0.5, 0.6) is 0 Å². The smallest absolute Gasteiger partial charge is 0.246 e. The summed E-state index contributed by atoms with van der Waals surface area (Å²) in [5.74, 6) is -0.185. The van der Waals surface area contributed by atoms with E-state index in [2.05, 4.69) is 10.4 Å². The maximum Gasteiger partial charge on any atom is 0.246 e. The van der Waals surface area contributed by atoms with Crippen molar-refractivity contribution in [1.82, 2.24) is 19.4 Å². The molecule has 1 N–H and O–H groups in total. The Labute approximate surface area is 126 Å².